The number of anilines is 1. The minimum absolute atomic E-state index is 0.298. The molecule has 4 heteroatoms. The average Bonchev–Trinajstić information content (AvgIpc) is 2.78. The number of hydrogen-bond acceptors (Lipinski definition) is 3. The van der Waals surface area contributed by atoms with Gasteiger partial charge in [0.25, 0.3) is 0 Å². The number of aliphatic hydroxyl groups is 1. The van der Waals surface area contributed by atoms with E-state index in [0.717, 1.165) is 30.5 Å². The SMILES string of the molecule is CNCc1ccc(N2CCC(CO)C2)c(Br)c1. The molecule has 1 aliphatic rings. The van der Waals surface area contributed by atoms with Gasteiger partial charge in [-0.2, -0.15) is 0 Å². The molecule has 3 nitrogen and oxygen atoms in total. The van der Waals surface area contributed by atoms with Crippen molar-refractivity contribution in [2.24, 2.45) is 5.92 Å². The Hall–Kier alpha value is -0.580. The van der Waals surface area contributed by atoms with Crippen molar-refractivity contribution in [1.82, 2.24) is 5.32 Å². The maximum Gasteiger partial charge on any atom is 0.0510 e. The van der Waals surface area contributed by atoms with Crippen LogP contribution in [0.4, 0.5) is 5.69 Å². The zero-order valence-electron chi connectivity index (χ0n) is 10.1. The van der Waals surface area contributed by atoms with E-state index in [1.165, 1.54) is 11.3 Å². The minimum atomic E-state index is 0.298. The first-order valence-electron chi connectivity index (χ1n) is 6.03. The first-order valence-corrected chi connectivity index (χ1v) is 6.82. The van der Waals surface area contributed by atoms with E-state index in [9.17, 15) is 0 Å². The summed E-state index contributed by atoms with van der Waals surface area (Å²) < 4.78 is 1.14. The molecule has 1 heterocycles. The Morgan fingerprint density at radius 3 is 2.94 bits per heavy atom. The number of benzene rings is 1. The molecule has 0 radical (unpaired) electrons. The molecule has 94 valence electrons. The van der Waals surface area contributed by atoms with Crippen molar-refractivity contribution in [2.45, 2.75) is 13.0 Å². The molecule has 1 aliphatic heterocycles. The molecule has 1 aromatic rings. The van der Waals surface area contributed by atoms with Crippen molar-refractivity contribution >= 4 is 21.6 Å². The van der Waals surface area contributed by atoms with Crippen LogP contribution in [0.3, 0.4) is 0 Å². The lowest BCUT2D eigenvalue weighted by Gasteiger charge is -2.20. The van der Waals surface area contributed by atoms with Gasteiger partial charge in [-0.05, 0) is 47.1 Å². The summed E-state index contributed by atoms with van der Waals surface area (Å²) in [5, 5.41) is 12.3. The number of nitrogens with one attached hydrogen (secondary N) is 1. The molecule has 1 fully saturated rings. The van der Waals surface area contributed by atoms with Gasteiger partial charge >= 0.3 is 0 Å². The van der Waals surface area contributed by atoms with E-state index >= 15 is 0 Å². The third kappa shape index (κ3) is 3.00. The molecule has 1 aromatic carbocycles. The van der Waals surface area contributed by atoms with Crippen molar-refractivity contribution in [2.75, 3.05) is 31.6 Å². The molecule has 0 bridgehead atoms. The normalized spacial score (nSPS) is 19.9. The van der Waals surface area contributed by atoms with Gasteiger partial charge in [0.05, 0.1) is 5.69 Å². The molecular formula is C13H19BrN2O. The molecule has 17 heavy (non-hydrogen) atoms. The third-order valence-corrected chi connectivity index (χ3v) is 3.91. The lowest BCUT2D eigenvalue weighted by atomic mass is 10.1. The van der Waals surface area contributed by atoms with Crippen LogP contribution in [-0.4, -0.2) is 31.9 Å². The van der Waals surface area contributed by atoms with Gasteiger partial charge < -0.3 is 15.3 Å². The van der Waals surface area contributed by atoms with Crippen molar-refractivity contribution < 1.29 is 5.11 Å². The predicted octanol–water partition coefficient (Wildman–Crippen LogP) is 1.99. The lowest BCUT2D eigenvalue weighted by molar-refractivity contribution is 0.238. The van der Waals surface area contributed by atoms with E-state index in [2.05, 4.69) is 44.3 Å². The summed E-state index contributed by atoms with van der Waals surface area (Å²) >= 11 is 3.64. The topological polar surface area (TPSA) is 35.5 Å². The maximum atomic E-state index is 9.17. The predicted molar refractivity (Wildman–Crippen MR) is 74.3 cm³/mol. The van der Waals surface area contributed by atoms with Gasteiger partial charge in [-0.15, -0.1) is 0 Å². The molecule has 0 aliphatic carbocycles. The Morgan fingerprint density at radius 1 is 1.53 bits per heavy atom. The number of nitrogens with zero attached hydrogens (tertiary/aromatic N) is 1. The first kappa shape index (κ1) is 12.9. The van der Waals surface area contributed by atoms with Gasteiger partial charge in [-0.3, -0.25) is 0 Å². The Kier molecular flexibility index (Phi) is 4.42. The van der Waals surface area contributed by atoms with Crippen molar-refractivity contribution in [3.63, 3.8) is 0 Å². The molecule has 2 N–H and O–H groups in total. The maximum absolute atomic E-state index is 9.17. The van der Waals surface area contributed by atoms with Crippen molar-refractivity contribution in [1.29, 1.82) is 0 Å². The fraction of sp³-hybridized carbons (Fsp3) is 0.538. The second kappa shape index (κ2) is 5.85. The molecule has 0 saturated carbocycles. The van der Waals surface area contributed by atoms with E-state index in [0.29, 0.717) is 12.5 Å². The van der Waals surface area contributed by atoms with Crippen LogP contribution in [0.15, 0.2) is 22.7 Å². The Balaban J connectivity index is 2.11. The largest absolute Gasteiger partial charge is 0.396 e. The van der Waals surface area contributed by atoms with Crippen LogP contribution in [0.2, 0.25) is 0 Å². The van der Waals surface area contributed by atoms with E-state index in [-0.39, 0.29) is 0 Å². The number of aliphatic hydroxyl groups excluding tert-OH is 1. The summed E-state index contributed by atoms with van der Waals surface area (Å²) in [4.78, 5) is 2.34. The molecule has 1 unspecified atom stereocenters. The van der Waals surface area contributed by atoms with Crippen LogP contribution in [-0.2, 0) is 6.54 Å². The monoisotopic (exact) mass is 298 g/mol. The fourth-order valence-corrected chi connectivity index (χ4v) is 3.00. The van der Waals surface area contributed by atoms with Gasteiger partial charge in [0, 0.05) is 36.6 Å². The molecular weight excluding hydrogens is 280 g/mol. The van der Waals surface area contributed by atoms with Crippen molar-refractivity contribution in [3.8, 4) is 0 Å². The summed E-state index contributed by atoms with van der Waals surface area (Å²) in [5.74, 6) is 0.430. The highest BCUT2D eigenvalue weighted by molar-refractivity contribution is 9.10. The number of rotatable bonds is 4. The number of halogens is 1. The highest BCUT2D eigenvalue weighted by Crippen LogP contribution is 2.31. The van der Waals surface area contributed by atoms with Crippen LogP contribution in [0.5, 0.6) is 0 Å². The van der Waals surface area contributed by atoms with Gasteiger partial charge in [-0.1, -0.05) is 6.07 Å². The Bertz CT molecular complexity index is 384. The van der Waals surface area contributed by atoms with Crippen LogP contribution in [0, 0.1) is 5.92 Å². The summed E-state index contributed by atoms with van der Waals surface area (Å²) in [7, 11) is 1.95. The van der Waals surface area contributed by atoms with Gasteiger partial charge in [0.1, 0.15) is 0 Å². The Morgan fingerprint density at radius 2 is 2.35 bits per heavy atom. The third-order valence-electron chi connectivity index (χ3n) is 3.28. The summed E-state index contributed by atoms with van der Waals surface area (Å²) in [6.45, 7) is 3.18. The highest BCUT2D eigenvalue weighted by atomic mass is 79.9. The average molecular weight is 299 g/mol. The van der Waals surface area contributed by atoms with Crippen LogP contribution >= 0.6 is 15.9 Å². The molecule has 0 amide bonds. The van der Waals surface area contributed by atoms with E-state index in [1.807, 2.05) is 7.05 Å². The molecule has 1 atom stereocenters. The summed E-state index contributed by atoms with van der Waals surface area (Å²) in [6, 6.07) is 6.48. The smallest absolute Gasteiger partial charge is 0.0510 e. The second-order valence-corrected chi connectivity index (χ2v) is 5.45. The summed E-state index contributed by atoms with van der Waals surface area (Å²) in [5.41, 5.74) is 2.52. The Labute approximate surface area is 111 Å². The molecule has 0 aromatic heterocycles. The molecule has 1 saturated heterocycles. The fourth-order valence-electron chi connectivity index (χ4n) is 2.32. The van der Waals surface area contributed by atoms with E-state index in [4.69, 9.17) is 5.11 Å². The standard InChI is InChI=1S/C13H19BrN2O/c1-15-7-10-2-3-13(12(14)6-10)16-5-4-11(8-16)9-17/h2-3,6,11,15,17H,4-5,7-9H2,1H3. The van der Waals surface area contributed by atoms with Gasteiger partial charge in [-0.25, -0.2) is 0 Å². The second-order valence-electron chi connectivity index (χ2n) is 4.60. The van der Waals surface area contributed by atoms with Crippen molar-refractivity contribution in [3.05, 3.63) is 28.2 Å². The van der Waals surface area contributed by atoms with E-state index in [1.54, 1.807) is 0 Å². The van der Waals surface area contributed by atoms with Crippen LogP contribution in [0.1, 0.15) is 12.0 Å². The van der Waals surface area contributed by atoms with Gasteiger partial charge in [0.15, 0.2) is 0 Å². The van der Waals surface area contributed by atoms with Crippen LogP contribution in [0.25, 0.3) is 0 Å². The number of hydrogen-bond donors (Lipinski definition) is 2. The lowest BCUT2D eigenvalue weighted by Crippen LogP contribution is -2.21. The van der Waals surface area contributed by atoms with Crippen LogP contribution < -0.4 is 10.2 Å². The quantitative estimate of drug-likeness (QED) is 0.892. The zero-order chi connectivity index (χ0) is 12.3. The van der Waals surface area contributed by atoms with E-state index < -0.39 is 0 Å². The molecule has 0 spiro atoms. The highest BCUT2D eigenvalue weighted by Gasteiger charge is 2.23. The minimum Gasteiger partial charge on any atom is -0.396 e. The van der Waals surface area contributed by atoms with Gasteiger partial charge in [0.2, 0.25) is 0 Å². The summed E-state index contributed by atoms with van der Waals surface area (Å²) in [6.07, 6.45) is 1.08. The molecule has 2 rings (SSSR count). The first-order chi connectivity index (χ1) is 8.24. The zero-order valence-corrected chi connectivity index (χ0v) is 11.7.